The van der Waals surface area contributed by atoms with E-state index in [1.54, 1.807) is 37.3 Å². The molecule has 0 radical (unpaired) electrons. The highest BCUT2D eigenvalue weighted by Gasteiger charge is 2.18. The molecule has 0 aliphatic carbocycles. The van der Waals surface area contributed by atoms with Crippen LogP contribution in [0.15, 0.2) is 45.6 Å². The molecule has 39 heavy (non-hydrogen) atoms. The van der Waals surface area contributed by atoms with Crippen molar-refractivity contribution in [2.45, 2.75) is 65.4 Å². The van der Waals surface area contributed by atoms with Crippen LogP contribution >= 0.6 is 0 Å². The van der Waals surface area contributed by atoms with Crippen LogP contribution in [0.4, 0.5) is 4.79 Å². The number of carbonyl (C=O) groups is 2. The summed E-state index contributed by atoms with van der Waals surface area (Å²) in [6, 6.07) is 10.2. The van der Waals surface area contributed by atoms with E-state index in [1.165, 1.54) is 0 Å². The van der Waals surface area contributed by atoms with Crippen LogP contribution in [0.3, 0.4) is 0 Å². The van der Waals surface area contributed by atoms with Crippen LogP contribution in [0.2, 0.25) is 0 Å². The monoisotopic (exact) mass is 537 g/mol. The van der Waals surface area contributed by atoms with E-state index in [0.717, 1.165) is 19.3 Å². The lowest BCUT2D eigenvalue weighted by atomic mass is 10.0. The Labute approximate surface area is 227 Å². The number of alkyl carbamates (subject to hydrolysis) is 1. The van der Waals surface area contributed by atoms with Gasteiger partial charge in [-0.15, -0.1) is 0 Å². The average molecular weight is 538 g/mol. The van der Waals surface area contributed by atoms with Crippen LogP contribution in [0.5, 0.6) is 17.2 Å². The summed E-state index contributed by atoms with van der Waals surface area (Å²) in [5, 5.41) is 3.09. The van der Waals surface area contributed by atoms with Crippen molar-refractivity contribution in [1.29, 1.82) is 0 Å². The number of fused-ring (bicyclic) bond motifs is 2. The van der Waals surface area contributed by atoms with E-state index in [-0.39, 0.29) is 17.8 Å². The Kier molecular flexibility index (Phi) is 8.79. The van der Waals surface area contributed by atoms with Crippen LogP contribution in [0.1, 0.15) is 58.6 Å². The third-order valence-electron chi connectivity index (χ3n) is 6.03. The number of unbranched alkanes of at least 4 members (excludes halogenated alkanes) is 2. The first-order valence-electron chi connectivity index (χ1n) is 13.3. The molecule has 1 amide bonds. The summed E-state index contributed by atoms with van der Waals surface area (Å²) in [6.07, 6.45) is 2.67. The molecule has 1 aliphatic rings. The molecule has 3 aromatic rings. The fourth-order valence-electron chi connectivity index (χ4n) is 4.26. The van der Waals surface area contributed by atoms with Gasteiger partial charge in [-0.2, -0.15) is 0 Å². The second kappa shape index (κ2) is 12.2. The van der Waals surface area contributed by atoms with Gasteiger partial charge < -0.3 is 28.7 Å². The van der Waals surface area contributed by atoms with Crippen molar-refractivity contribution in [3.05, 3.63) is 52.4 Å². The average Bonchev–Trinajstić information content (AvgIpc) is 3.10. The summed E-state index contributed by atoms with van der Waals surface area (Å²) in [5.41, 5.74) is 0.759. The molecule has 0 fully saturated rings. The highest BCUT2D eigenvalue weighted by molar-refractivity contribution is 5.85. The van der Waals surface area contributed by atoms with Crippen molar-refractivity contribution in [3.8, 4) is 28.4 Å². The Hall–Kier alpha value is -4.01. The number of ether oxygens (including phenoxy) is 4. The molecular weight excluding hydrogens is 502 g/mol. The maximum Gasteiger partial charge on any atom is 0.407 e. The van der Waals surface area contributed by atoms with Gasteiger partial charge in [0.2, 0.25) is 5.43 Å². The number of aryl methyl sites for hydroxylation is 1. The Bertz CT molecular complexity index is 1400. The summed E-state index contributed by atoms with van der Waals surface area (Å²) in [4.78, 5) is 37.4. The van der Waals surface area contributed by atoms with Gasteiger partial charge in [0.25, 0.3) is 0 Å². The number of hydrogen-bond acceptors (Lipinski definition) is 8. The molecule has 9 nitrogen and oxygen atoms in total. The maximum absolute atomic E-state index is 13.4. The molecule has 208 valence electrons. The molecule has 0 bridgehead atoms. The Balaban J connectivity index is 1.35. The largest absolute Gasteiger partial charge is 0.490 e. The van der Waals surface area contributed by atoms with E-state index >= 15 is 0 Å². The molecule has 0 atom stereocenters. The first-order valence-corrected chi connectivity index (χ1v) is 13.3. The highest BCUT2D eigenvalue weighted by atomic mass is 16.6. The van der Waals surface area contributed by atoms with Gasteiger partial charge in [-0.1, -0.05) is 12.5 Å². The van der Waals surface area contributed by atoms with E-state index < -0.39 is 11.7 Å². The first kappa shape index (κ1) is 28.0. The lowest BCUT2D eigenvalue weighted by Crippen LogP contribution is -2.33. The van der Waals surface area contributed by atoms with E-state index in [0.29, 0.717) is 71.3 Å². The van der Waals surface area contributed by atoms with E-state index in [1.807, 2.05) is 26.8 Å². The molecule has 0 spiro atoms. The van der Waals surface area contributed by atoms with Gasteiger partial charge in [0.15, 0.2) is 11.5 Å². The zero-order valence-corrected chi connectivity index (χ0v) is 22.9. The second-order valence-corrected chi connectivity index (χ2v) is 10.4. The normalized spacial score (nSPS) is 13.0. The van der Waals surface area contributed by atoms with E-state index in [9.17, 15) is 14.4 Å². The van der Waals surface area contributed by atoms with Gasteiger partial charge in [0, 0.05) is 25.5 Å². The molecule has 1 aromatic heterocycles. The molecule has 4 rings (SSSR count). The predicted octanol–water partition coefficient (Wildman–Crippen LogP) is 5.92. The van der Waals surface area contributed by atoms with Gasteiger partial charge in [-0.05, 0) is 70.4 Å². The van der Waals surface area contributed by atoms with Crippen molar-refractivity contribution < 1.29 is 33.0 Å². The zero-order valence-electron chi connectivity index (χ0n) is 22.9. The predicted molar refractivity (Wildman–Crippen MR) is 147 cm³/mol. The van der Waals surface area contributed by atoms with Crippen LogP contribution in [-0.2, 0) is 9.53 Å². The number of hydrogen-bond donors (Lipinski definition) is 1. The zero-order chi connectivity index (χ0) is 28.0. The third-order valence-corrected chi connectivity index (χ3v) is 6.03. The first-order chi connectivity index (χ1) is 18.6. The summed E-state index contributed by atoms with van der Waals surface area (Å²) in [5.74, 6) is 1.64. The molecule has 2 heterocycles. The van der Waals surface area contributed by atoms with Crippen molar-refractivity contribution in [1.82, 2.24) is 5.32 Å². The number of benzene rings is 2. The van der Waals surface area contributed by atoms with Crippen LogP contribution in [-0.4, -0.2) is 37.4 Å². The van der Waals surface area contributed by atoms with Gasteiger partial charge in [0.05, 0.1) is 24.2 Å². The Morgan fingerprint density at radius 1 is 0.974 bits per heavy atom. The highest BCUT2D eigenvalue weighted by Crippen LogP contribution is 2.35. The lowest BCUT2D eigenvalue weighted by Gasteiger charge is -2.19. The molecule has 0 unspecified atom stereocenters. The van der Waals surface area contributed by atoms with Crippen LogP contribution < -0.4 is 25.0 Å². The van der Waals surface area contributed by atoms with Gasteiger partial charge >= 0.3 is 12.1 Å². The lowest BCUT2D eigenvalue weighted by molar-refractivity contribution is -0.134. The number of rotatable bonds is 8. The van der Waals surface area contributed by atoms with Crippen molar-refractivity contribution in [2.24, 2.45) is 0 Å². The molecule has 0 saturated carbocycles. The molecule has 9 heteroatoms. The summed E-state index contributed by atoms with van der Waals surface area (Å²) in [6.45, 7) is 8.77. The van der Waals surface area contributed by atoms with Gasteiger partial charge in [-0.25, -0.2) is 4.79 Å². The van der Waals surface area contributed by atoms with Crippen molar-refractivity contribution in [2.75, 3.05) is 19.8 Å². The standard InChI is InChI=1S/C30H35NO8/c1-19-27(20-10-13-23-25(17-20)36-16-8-15-35-23)28(33)22-12-11-21(18-24(22)37-19)38-26(32)9-6-5-7-14-31-29(34)39-30(2,3)4/h10-13,17-18H,5-9,14-16H2,1-4H3,(H,31,34). The van der Waals surface area contributed by atoms with E-state index in [2.05, 4.69) is 5.32 Å². The molecular formula is C30H35NO8. The van der Waals surface area contributed by atoms with Gasteiger partial charge in [-0.3, -0.25) is 9.59 Å². The number of amides is 1. The van der Waals surface area contributed by atoms with Crippen LogP contribution in [0, 0.1) is 6.92 Å². The van der Waals surface area contributed by atoms with E-state index in [4.69, 9.17) is 23.4 Å². The molecule has 2 aromatic carbocycles. The van der Waals surface area contributed by atoms with Crippen LogP contribution in [0.25, 0.3) is 22.1 Å². The number of carbonyl (C=O) groups excluding carboxylic acids is 2. The van der Waals surface area contributed by atoms with Crippen molar-refractivity contribution in [3.63, 3.8) is 0 Å². The molecule has 0 saturated heterocycles. The number of nitrogens with one attached hydrogen (secondary N) is 1. The minimum Gasteiger partial charge on any atom is -0.490 e. The summed E-state index contributed by atoms with van der Waals surface area (Å²) in [7, 11) is 0. The Morgan fingerprint density at radius 3 is 2.51 bits per heavy atom. The smallest absolute Gasteiger partial charge is 0.407 e. The SMILES string of the molecule is Cc1oc2cc(OC(=O)CCCCCNC(=O)OC(C)(C)C)ccc2c(=O)c1-c1ccc2c(c1)OCCCO2. The van der Waals surface area contributed by atoms with Gasteiger partial charge in [0.1, 0.15) is 22.7 Å². The summed E-state index contributed by atoms with van der Waals surface area (Å²) < 4.78 is 28.1. The maximum atomic E-state index is 13.4. The minimum absolute atomic E-state index is 0.180. The second-order valence-electron chi connectivity index (χ2n) is 10.4. The third kappa shape index (κ3) is 7.52. The fourth-order valence-corrected chi connectivity index (χ4v) is 4.26. The minimum atomic E-state index is -0.535. The van der Waals surface area contributed by atoms with Crippen molar-refractivity contribution >= 4 is 23.0 Å². The number of esters is 1. The quantitative estimate of drug-likeness (QED) is 0.214. The topological polar surface area (TPSA) is 113 Å². The summed E-state index contributed by atoms with van der Waals surface area (Å²) >= 11 is 0. The fraction of sp³-hybridized carbons (Fsp3) is 0.433. The molecule has 1 N–H and O–H groups in total. The molecule has 1 aliphatic heterocycles. The Morgan fingerprint density at radius 2 is 1.74 bits per heavy atom.